The van der Waals surface area contributed by atoms with Gasteiger partial charge in [0.15, 0.2) is 11.5 Å². The molecule has 5 nitrogen and oxygen atoms in total. The summed E-state index contributed by atoms with van der Waals surface area (Å²) in [5.74, 6) is -1.88. The quantitative estimate of drug-likeness (QED) is 0.648. The smallest absolute Gasteiger partial charge is 0.276 e. The number of alkyl halides is 2. The van der Waals surface area contributed by atoms with Crippen molar-refractivity contribution >= 4 is 5.91 Å². The predicted molar refractivity (Wildman–Crippen MR) is 84.5 cm³/mol. The highest BCUT2D eigenvalue weighted by atomic mass is 19.3. The molecule has 0 N–H and O–H groups in total. The van der Waals surface area contributed by atoms with E-state index in [-0.39, 0.29) is 32.0 Å². The molecule has 1 aliphatic rings. The van der Waals surface area contributed by atoms with Gasteiger partial charge >= 0.3 is 0 Å². The lowest BCUT2D eigenvalue weighted by atomic mass is 10.2. The highest BCUT2D eigenvalue weighted by Gasteiger charge is 2.58. The third-order valence-electron chi connectivity index (χ3n) is 3.76. The van der Waals surface area contributed by atoms with E-state index in [4.69, 9.17) is 14.2 Å². The fraction of sp³-hybridized carbons (Fsp3) is 0.471. The van der Waals surface area contributed by atoms with Crippen LogP contribution in [0.15, 0.2) is 30.9 Å². The van der Waals surface area contributed by atoms with Gasteiger partial charge in [-0.3, -0.25) is 4.79 Å². The van der Waals surface area contributed by atoms with E-state index < -0.39 is 12.0 Å². The molecule has 1 aromatic carbocycles. The van der Waals surface area contributed by atoms with Crippen LogP contribution < -0.4 is 9.47 Å². The zero-order valence-corrected chi connectivity index (χ0v) is 13.8. The lowest BCUT2D eigenvalue weighted by Gasteiger charge is -2.22. The van der Waals surface area contributed by atoms with Crippen LogP contribution in [0.3, 0.4) is 0 Å². The molecule has 132 valence electrons. The first kappa shape index (κ1) is 18.2. The highest BCUT2D eigenvalue weighted by molar-refractivity contribution is 5.87. The zero-order valence-electron chi connectivity index (χ0n) is 13.8. The van der Waals surface area contributed by atoms with Gasteiger partial charge in [-0.25, -0.2) is 8.78 Å². The molecule has 0 heterocycles. The number of methoxy groups -OCH3 is 2. The molecule has 0 aromatic heterocycles. The number of benzene rings is 1. The second-order valence-corrected chi connectivity index (χ2v) is 5.48. The molecule has 2 rings (SSSR count). The SMILES string of the molecule is C=CC(=O)N(CCOC1CC1(F)F)Cc1ccc(OC)c(OC)c1. The normalized spacial score (nSPS) is 17.9. The Morgan fingerprint density at radius 3 is 2.58 bits per heavy atom. The number of hydrogen-bond donors (Lipinski definition) is 0. The van der Waals surface area contributed by atoms with Crippen molar-refractivity contribution in [2.24, 2.45) is 0 Å². The summed E-state index contributed by atoms with van der Waals surface area (Å²) in [6, 6.07) is 5.31. The monoisotopic (exact) mass is 341 g/mol. The first-order valence-corrected chi connectivity index (χ1v) is 7.53. The standard InChI is InChI=1S/C17H21F2NO4/c1-4-16(21)20(7-8-24-15-10-17(15,18)19)11-12-5-6-13(22-2)14(9-12)23-3/h4-6,9,15H,1,7-8,10-11H2,2-3H3. The summed E-state index contributed by atoms with van der Waals surface area (Å²) in [4.78, 5) is 13.4. The van der Waals surface area contributed by atoms with Crippen molar-refractivity contribution in [1.82, 2.24) is 4.90 Å². The van der Waals surface area contributed by atoms with Gasteiger partial charge in [-0.2, -0.15) is 0 Å². The van der Waals surface area contributed by atoms with E-state index in [9.17, 15) is 13.6 Å². The second kappa shape index (κ2) is 7.61. The van der Waals surface area contributed by atoms with Crippen LogP contribution >= 0.6 is 0 Å². The molecule has 1 atom stereocenters. The summed E-state index contributed by atoms with van der Waals surface area (Å²) in [7, 11) is 3.06. The summed E-state index contributed by atoms with van der Waals surface area (Å²) in [6.07, 6.45) is -0.0934. The molecule has 0 saturated heterocycles. The number of hydrogen-bond acceptors (Lipinski definition) is 4. The molecule has 0 radical (unpaired) electrons. The van der Waals surface area contributed by atoms with E-state index >= 15 is 0 Å². The van der Waals surface area contributed by atoms with Crippen LogP contribution in [-0.4, -0.2) is 50.2 Å². The van der Waals surface area contributed by atoms with Crippen molar-refractivity contribution in [3.8, 4) is 11.5 Å². The van der Waals surface area contributed by atoms with Gasteiger partial charge in [-0.05, 0) is 23.8 Å². The van der Waals surface area contributed by atoms with Crippen LogP contribution in [-0.2, 0) is 16.1 Å². The Bertz CT molecular complexity index is 606. The number of nitrogens with zero attached hydrogens (tertiary/aromatic N) is 1. The maximum atomic E-state index is 12.8. The molecule has 1 aliphatic carbocycles. The van der Waals surface area contributed by atoms with Crippen molar-refractivity contribution in [3.05, 3.63) is 36.4 Å². The molecule has 7 heteroatoms. The zero-order chi connectivity index (χ0) is 17.7. The number of amides is 1. The Hall–Kier alpha value is -2.15. The van der Waals surface area contributed by atoms with Gasteiger partial charge in [0.05, 0.1) is 20.8 Å². The van der Waals surface area contributed by atoms with Crippen LogP contribution in [0.4, 0.5) is 8.78 Å². The Morgan fingerprint density at radius 1 is 1.38 bits per heavy atom. The summed E-state index contributed by atoms with van der Waals surface area (Å²) >= 11 is 0. The van der Waals surface area contributed by atoms with Gasteiger partial charge in [0, 0.05) is 19.5 Å². The first-order chi connectivity index (χ1) is 11.4. The first-order valence-electron chi connectivity index (χ1n) is 7.53. The minimum Gasteiger partial charge on any atom is -0.493 e. The fourth-order valence-corrected chi connectivity index (χ4v) is 2.27. The third-order valence-corrected chi connectivity index (χ3v) is 3.76. The highest BCUT2D eigenvalue weighted by Crippen LogP contribution is 2.44. The molecule has 1 amide bonds. The van der Waals surface area contributed by atoms with Crippen molar-refractivity contribution in [2.45, 2.75) is 25.0 Å². The Kier molecular flexibility index (Phi) is 5.77. The van der Waals surface area contributed by atoms with Crippen LogP contribution in [0.25, 0.3) is 0 Å². The maximum Gasteiger partial charge on any atom is 0.276 e. The average Bonchev–Trinajstić information content (AvgIpc) is 3.19. The summed E-state index contributed by atoms with van der Waals surface area (Å²) in [5.41, 5.74) is 0.819. The van der Waals surface area contributed by atoms with E-state index in [1.807, 2.05) is 0 Å². The van der Waals surface area contributed by atoms with Crippen molar-refractivity contribution in [3.63, 3.8) is 0 Å². The predicted octanol–water partition coefficient (Wildman–Crippen LogP) is 2.64. The lowest BCUT2D eigenvalue weighted by Crippen LogP contribution is -2.32. The van der Waals surface area contributed by atoms with Crippen molar-refractivity contribution in [2.75, 3.05) is 27.4 Å². The number of rotatable bonds is 9. The molecular weight excluding hydrogens is 320 g/mol. The van der Waals surface area contributed by atoms with Crippen LogP contribution in [0, 0.1) is 0 Å². The van der Waals surface area contributed by atoms with Gasteiger partial charge in [-0.15, -0.1) is 0 Å². The molecule has 1 saturated carbocycles. The molecule has 24 heavy (non-hydrogen) atoms. The maximum absolute atomic E-state index is 12.8. The average molecular weight is 341 g/mol. The summed E-state index contributed by atoms with van der Waals surface area (Å²) in [6.45, 7) is 4.00. The minimum atomic E-state index is -2.73. The van der Waals surface area contributed by atoms with Gasteiger partial charge in [0.25, 0.3) is 5.92 Å². The minimum absolute atomic E-state index is 0.0487. The van der Waals surface area contributed by atoms with E-state index in [1.165, 1.54) is 25.2 Å². The fourth-order valence-electron chi connectivity index (χ4n) is 2.27. The molecule has 1 fully saturated rings. The lowest BCUT2D eigenvalue weighted by molar-refractivity contribution is -0.127. The van der Waals surface area contributed by atoms with E-state index in [0.29, 0.717) is 11.5 Å². The molecule has 1 unspecified atom stereocenters. The second-order valence-electron chi connectivity index (χ2n) is 5.48. The van der Waals surface area contributed by atoms with Crippen LogP contribution in [0.2, 0.25) is 0 Å². The third kappa shape index (κ3) is 4.44. The Balaban J connectivity index is 1.97. The van der Waals surface area contributed by atoms with Crippen molar-refractivity contribution < 1.29 is 27.8 Å². The van der Waals surface area contributed by atoms with E-state index in [1.54, 1.807) is 18.2 Å². The number of ether oxygens (including phenoxy) is 3. The van der Waals surface area contributed by atoms with Crippen LogP contribution in [0.1, 0.15) is 12.0 Å². The Morgan fingerprint density at radius 2 is 2.04 bits per heavy atom. The largest absolute Gasteiger partial charge is 0.493 e. The van der Waals surface area contributed by atoms with Crippen LogP contribution in [0.5, 0.6) is 11.5 Å². The van der Waals surface area contributed by atoms with Gasteiger partial charge in [0.2, 0.25) is 5.91 Å². The van der Waals surface area contributed by atoms with Crippen molar-refractivity contribution in [1.29, 1.82) is 0 Å². The molecule has 0 aliphatic heterocycles. The number of carbonyl (C=O) groups is 1. The van der Waals surface area contributed by atoms with Gasteiger partial charge < -0.3 is 19.1 Å². The molecule has 0 spiro atoms. The van der Waals surface area contributed by atoms with E-state index in [0.717, 1.165) is 5.56 Å². The number of carbonyl (C=O) groups excluding carboxylic acids is 1. The molecule has 0 bridgehead atoms. The van der Waals surface area contributed by atoms with Gasteiger partial charge in [0.1, 0.15) is 6.10 Å². The summed E-state index contributed by atoms with van der Waals surface area (Å²) < 4.78 is 41.1. The van der Waals surface area contributed by atoms with Gasteiger partial charge in [-0.1, -0.05) is 12.6 Å². The molecular formula is C17H21F2NO4. The topological polar surface area (TPSA) is 48.0 Å². The van der Waals surface area contributed by atoms with E-state index in [2.05, 4.69) is 6.58 Å². The summed E-state index contributed by atoms with van der Waals surface area (Å²) in [5, 5.41) is 0. The molecule has 1 aromatic rings. The Labute approximate surface area is 139 Å². The number of halogens is 2.